The topological polar surface area (TPSA) is 61.5 Å². The first-order valence-electron chi connectivity index (χ1n) is 6.23. The first-order chi connectivity index (χ1) is 8.69. The number of methoxy groups -OCH3 is 1. The van der Waals surface area contributed by atoms with Crippen molar-refractivity contribution in [1.82, 2.24) is 0 Å². The number of ether oxygens (including phenoxy) is 2. The van der Waals surface area contributed by atoms with E-state index in [2.05, 4.69) is 6.92 Å². The van der Waals surface area contributed by atoms with E-state index in [0.717, 1.165) is 24.0 Å². The molecule has 4 heteroatoms. The van der Waals surface area contributed by atoms with Gasteiger partial charge in [-0.25, -0.2) is 0 Å². The van der Waals surface area contributed by atoms with Crippen LogP contribution in [0.5, 0.6) is 5.75 Å². The summed E-state index contributed by atoms with van der Waals surface area (Å²) in [5.41, 5.74) is 8.65. The summed E-state index contributed by atoms with van der Waals surface area (Å²) in [5, 5.41) is 0. The minimum absolute atomic E-state index is 0.00872. The van der Waals surface area contributed by atoms with Crippen LogP contribution in [0.15, 0.2) is 12.1 Å². The van der Waals surface area contributed by atoms with Gasteiger partial charge >= 0.3 is 0 Å². The summed E-state index contributed by atoms with van der Waals surface area (Å²) < 4.78 is 10.4. The van der Waals surface area contributed by atoms with Gasteiger partial charge in [0.25, 0.3) is 6.47 Å². The van der Waals surface area contributed by atoms with E-state index in [4.69, 9.17) is 15.2 Å². The average molecular weight is 251 g/mol. The number of rotatable bonds is 7. The van der Waals surface area contributed by atoms with E-state index in [1.807, 2.05) is 13.0 Å². The first kappa shape index (κ1) is 14.5. The van der Waals surface area contributed by atoms with Crippen molar-refractivity contribution in [2.24, 2.45) is 0 Å². The molecule has 0 saturated heterocycles. The Labute approximate surface area is 108 Å². The molecule has 1 atom stereocenters. The second-order valence-electron chi connectivity index (χ2n) is 4.13. The van der Waals surface area contributed by atoms with Gasteiger partial charge in [0.05, 0.1) is 6.10 Å². The number of anilines is 1. The van der Waals surface area contributed by atoms with Crippen molar-refractivity contribution < 1.29 is 14.3 Å². The first-order valence-corrected chi connectivity index (χ1v) is 6.23. The zero-order valence-electron chi connectivity index (χ0n) is 11.2. The van der Waals surface area contributed by atoms with E-state index < -0.39 is 0 Å². The van der Waals surface area contributed by atoms with E-state index >= 15 is 0 Å². The molecule has 0 aliphatic heterocycles. The molecule has 1 unspecified atom stereocenters. The standard InChI is InChI=1S/C14H21NO3/c1-4-6-12(17-3)11-7-8-13(18-9-16)10(5-2)14(11)15/h7-9,12H,4-6,15H2,1-3H3. The Kier molecular flexibility index (Phi) is 5.65. The minimum atomic E-state index is -0.00872. The molecular formula is C14H21NO3. The lowest BCUT2D eigenvalue weighted by molar-refractivity contribution is -0.120. The highest BCUT2D eigenvalue weighted by molar-refractivity contribution is 5.62. The molecular weight excluding hydrogens is 230 g/mol. The van der Waals surface area contributed by atoms with Gasteiger partial charge in [-0.1, -0.05) is 26.3 Å². The Morgan fingerprint density at radius 2 is 2.11 bits per heavy atom. The van der Waals surface area contributed by atoms with Crippen molar-refractivity contribution in [2.45, 2.75) is 39.2 Å². The second kappa shape index (κ2) is 7.01. The maximum absolute atomic E-state index is 10.4. The fraction of sp³-hybridized carbons (Fsp3) is 0.500. The van der Waals surface area contributed by atoms with Crippen LogP contribution in [0.4, 0.5) is 5.69 Å². The Balaban J connectivity index is 3.18. The molecule has 0 spiro atoms. The van der Waals surface area contributed by atoms with E-state index in [0.29, 0.717) is 24.3 Å². The van der Waals surface area contributed by atoms with Crippen molar-refractivity contribution in [1.29, 1.82) is 0 Å². The van der Waals surface area contributed by atoms with Crippen LogP contribution in [0.3, 0.4) is 0 Å². The maximum Gasteiger partial charge on any atom is 0.298 e. The van der Waals surface area contributed by atoms with Gasteiger partial charge in [0, 0.05) is 23.9 Å². The fourth-order valence-electron chi connectivity index (χ4n) is 2.13. The highest BCUT2D eigenvalue weighted by atomic mass is 16.5. The van der Waals surface area contributed by atoms with Crippen LogP contribution < -0.4 is 10.5 Å². The van der Waals surface area contributed by atoms with E-state index in [9.17, 15) is 4.79 Å². The SMILES string of the molecule is CCCC(OC)c1ccc(OC=O)c(CC)c1N. The summed E-state index contributed by atoms with van der Waals surface area (Å²) in [5.74, 6) is 0.528. The van der Waals surface area contributed by atoms with Crippen molar-refractivity contribution >= 4 is 12.2 Å². The number of nitrogens with two attached hydrogens (primary N) is 1. The number of benzene rings is 1. The Bertz CT molecular complexity index is 404. The number of carbonyl (C=O) groups is 1. The van der Waals surface area contributed by atoms with Gasteiger partial charge in [-0.3, -0.25) is 4.79 Å². The molecule has 0 aromatic heterocycles. The van der Waals surface area contributed by atoms with Crippen molar-refractivity contribution in [3.05, 3.63) is 23.3 Å². The van der Waals surface area contributed by atoms with Crippen LogP contribution in [-0.4, -0.2) is 13.6 Å². The molecule has 4 nitrogen and oxygen atoms in total. The predicted octanol–water partition coefficient (Wildman–Crippen LogP) is 2.85. The van der Waals surface area contributed by atoms with Crippen LogP contribution in [0.25, 0.3) is 0 Å². The summed E-state index contributed by atoms with van der Waals surface area (Å²) in [6.45, 7) is 4.51. The van der Waals surface area contributed by atoms with Crippen molar-refractivity contribution in [2.75, 3.05) is 12.8 Å². The smallest absolute Gasteiger partial charge is 0.298 e. The Morgan fingerprint density at radius 3 is 2.61 bits per heavy atom. The summed E-state index contributed by atoms with van der Waals surface area (Å²) in [6.07, 6.45) is 2.64. The van der Waals surface area contributed by atoms with Crippen LogP contribution in [0.1, 0.15) is 43.9 Å². The molecule has 2 N–H and O–H groups in total. The maximum atomic E-state index is 10.4. The number of carbonyl (C=O) groups excluding carboxylic acids is 1. The summed E-state index contributed by atoms with van der Waals surface area (Å²) in [6, 6.07) is 3.65. The van der Waals surface area contributed by atoms with Crippen LogP contribution in [0.2, 0.25) is 0 Å². The molecule has 0 heterocycles. The van der Waals surface area contributed by atoms with E-state index in [1.165, 1.54) is 0 Å². The third-order valence-electron chi connectivity index (χ3n) is 3.06. The van der Waals surface area contributed by atoms with Gasteiger partial charge < -0.3 is 15.2 Å². The fourth-order valence-corrected chi connectivity index (χ4v) is 2.13. The monoisotopic (exact) mass is 251 g/mol. The summed E-state index contributed by atoms with van der Waals surface area (Å²) in [7, 11) is 1.68. The van der Waals surface area contributed by atoms with Gasteiger partial charge in [0.1, 0.15) is 5.75 Å². The van der Waals surface area contributed by atoms with Gasteiger partial charge in [0.15, 0.2) is 0 Å². The van der Waals surface area contributed by atoms with Crippen LogP contribution in [0, 0.1) is 0 Å². The summed E-state index contributed by atoms with van der Waals surface area (Å²) >= 11 is 0. The molecule has 1 aromatic rings. The van der Waals surface area contributed by atoms with Crippen LogP contribution in [-0.2, 0) is 16.0 Å². The van der Waals surface area contributed by atoms with Crippen molar-refractivity contribution in [3.8, 4) is 5.75 Å². The zero-order chi connectivity index (χ0) is 13.5. The van der Waals surface area contributed by atoms with Gasteiger partial charge in [-0.2, -0.15) is 0 Å². The number of hydrogen-bond donors (Lipinski definition) is 1. The van der Waals surface area contributed by atoms with Gasteiger partial charge in [-0.15, -0.1) is 0 Å². The lowest BCUT2D eigenvalue weighted by Gasteiger charge is -2.20. The number of hydrogen-bond acceptors (Lipinski definition) is 4. The molecule has 100 valence electrons. The molecule has 0 radical (unpaired) electrons. The average Bonchev–Trinajstić information content (AvgIpc) is 2.37. The number of nitrogen functional groups attached to an aromatic ring is 1. The molecule has 0 bridgehead atoms. The molecule has 18 heavy (non-hydrogen) atoms. The minimum Gasteiger partial charge on any atom is -0.428 e. The van der Waals surface area contributed by atoms with Gasteiger partial charge in [-0.05, 0) is 18.9 Å². The molecule has 0 aliphatic rings. The zero-order valence-corrected chi connectivity index (χ0v) is 11.2. The highest BCUT2D eigenvalue weighted by Gasteiger charge is 2.17. The van der Waals surface area contributed by atoms with E-state index in [1.54, 1.807) is 13.2 Å². The lowest BCUT2D eigenvalue weighted by Crippen LogP contribution is -2.08. The van der Waals surface area contributed by atoms with Gasteiger partial charge in [0.2, 0.25) is 0 Å². The molecule has 1 rings (SSSR count). The molecule has 0 amide bonds. The second-order valence-corrected chi connectivity index (χ2v) is 4.13. The largest absolute Gasteiger partial charge is 0.428 e. The molecule has 0 aliphatic carbocycles. The Morgan fingerprint density at radius 1 is 1.39 bits per heavy atom. The van der Waals surface area contributed by atoms with Crippen molar-refractivity contribution in [3.63, 3.8) is 0 Å². The third-order valence-corrected chi connectivity index (χ3v) is 3.06. The highest BCUT2D eigenvalue weighted by Crippen LogP contribution is 2.34. The lowest BCUT2D eigenvalue weighted by atomic mass is 9.98. The molecule has 0 fully saturated rings. The molecule has 0 saturated carbocycles. The summed E-state index contributed by atoms with van der Waals surface area (Å²) in [4.78, 5) is 10.4. The Hall–Kier alpha value is -1.55. The van der Waals surface area contributed by atoms with Crippen LogP contribution >= 0.6 is 0 Å². The molecule has 1 aromatic carbocycles. The normalized spacial score (nSPS) is 12.2. The quantitative estimate of drug-likeness (QED) is 0.598. The third kappa shape index (κ3) is 3.01. The van der Waals surface area contributed by atoms with E-state index in [-0.39, 0.29) is 6.10 Å². The predicted molar refractivity (Wildman–Crippen MR) is 71.6 cm³/mol.